The average Bonchev–Trinajstić information content (AvgIpc) is 2.96. The Kier molecular flexibility index (Phi) is 3.35. The van der Waals surface area contributed by atoms with Crippen molar-refractivity contribution in [1.29, 1.82) is 0 Å². The van der Waals surface area contributed by atoms with Gasteiger partial charge in [0.25, 0.3) is 0 Å². The Labute approximate surface area is 124 Å². The maximum absolute atomic E-state index is 12.1. The van der Waals surface area contributed by atoms with Gasteiger partial charge < -0.3 is 4.57 Å². The van der Waals surface area contributed by atoms with Crippen LogP contribution >= 0.6 is 34.5 Å². The Balaban J connectivity index is 1.91. The second-order valence-electron chi connectivity index (χ2n) is 4.17. The summed E-state index contributed by atoms with van der Waals surface area (Å²) in [6.07, 6.45) is 1.90. The van der Waals surface area contributed by atoms with E-state index in [1.165, 1.54) is 11.3 Å². The number of ketones is 1. The summed E-state index contributed by atoms with van der Waals surface area (Å²) in [7, 11) is 0. The van der Waals surface area contributed by atoms with Crippen molar-refractivity contribution in [3.8, 4) is 0 Å². The van der Waals surface area contributed by atoms with Crippen LogP contribution in [0, 0.1) is 0 Å². The van der Waals surface area contributed by atoms with Crippen molar-refractivity contribution in [3.05, 3.63) is 56.8 Å². The van der Waals surface area contributed by atoms with E-state index in [-0.39, 0.29) is 5.78 Å². The fourth-order valence-corrected chi connectivity index (χ4v) is 3.16. The quantitative estimate of drug-likeness (QED) is 0.631. The number of hydrogen-bond acceptors (Lipinski definition) is 2. The second-order valence-corrected chi connectivity index (χ2v) is 6.33. The molecule has 0 bridgehead atoms. The van der Waals surface area contributed by atoms with Gasteiger partial charge in [0.15, 0.2) is 5.78 Å². The number of hydrogen-bond donors (Lipinski definition) is 0. The predicted octanol–water partition coefficient (Wildman–Crippen LogP) is 4.89. The minimum absolute atomic E-state index is 0.0596. The SMILES string of the molecule is O=C(Cn1ccc2cc(Cl)ccc21)c1ccc(Cl)s1. The molecule has 0 atom stereocenters. The molecule has 5 heteroatoms. The topological polar surface area (TPSA) is 22.0 Å². The molecule has 0 fully saturated rings. The summed E-state index contributed by atoms with van der Waals surface area (Å²) in [5.41, 5.74) is 1.00. The van der Waals surface area contributed by atoms with E-state index in [9.17, 15) is 4.79 Å². The first-order valence-electron chi connectivity index (χ1n) is 5.66. The van der Waals surface area contributed by atoms with E-state index in [1.807, 2.05) is 35.0 Å². The number of nitrogens with zero attached hydrogens (tertiary/aromatic N) is 1. The highest BCUT2D eigenvalue weighted by atomic mass is 35.5. The molecule has 0 unspecified atom stereocenters. The van der Waals surface area contributed by atoms with Gasteiger partial charge in [-0.2, -0.15) is 0 Å². The smallest absolute Gasteiger partial charge is 0.192 e. The van der Waals surface area contributed by atoms with Crippen LogP contribution < -0.4 is 0 Å². The third-order valence-electron chi connectivity index (χ3n) is 2.90. The zero-order valence-corrected chi connectivity index (χ0v) is 12.1. The molecule has 0 saturated heterocycles. The van der Waals surface area contributed by atoms with Gasteiger partial charge in [0.1, 0.15) is 0 Å². The van der Waals surface area contributed by atoms with E-state index in [2.05, 4.69) is 0 Å². The number of benzene rings is 1. The summed E-state index contributed by atoms with van der Waals surface area (Å²) in [5, 5.41) is 1.73. The molecule has 2 nitrogen and oxygen atoms in total. The molecule has 0 spiro atoms. The summed E-state index contributed by atoms with van der Waals surface area (Å²) < 4.78 is 2.55. The molecule has 0 aliphatic carbocycles. The molecule has 3 aromatic rings. The molecule has 19 heavy (non-hydrogen) atoms. The van der Waals surface area contributed by atoms with Crippen molar-refractivity contribution in [1.82, 2.24) is 4.57 Å². The molecule has 0 radical (unpaired) electrons. The molecular weight excluding hydrogens is 301 g/mol. The van der Waals surface area contributed by atoms with Crippen LogP contribution in [0.15, 0.2) is 42.6 Å². The van der Waals surface area contributed by atoms with Gasteiger partial charge in [-0.15, -0.1) is 11.3 Å². The minimum Gasteiger partial charge on any atom is -0.340 e. The van der Waals surface area contributed by atoms with Gasteiger partial charge in [0.2, 0.25) is 0 Å². The van der Waals surface area contributed by atoms with E-state index in [0.717, 1.165) is 10.9 Å². The first-order chi connectivity index (χ1) is 9.13. The molecule has 96 valence electrons. The second kappa shape index (κ2) is 5.00. The highest BCUT2D eigenvalue weighted by Gasteiger charge is 2.11. The van der Waals surface area contributed by atoms with Crippen molar-refractivity contribution < 1.29 is 4.79 Å². The van der Waals surface area contributed by atoms with Crippen LogP contribution in [0.3, 0.4) is 0 Å². The monoisotopic (exact) mass is 309 g/mol. The van der Waals surface area contributed by atoms with Crippen molar-refractivity contribution >= 4 is 51.2 Å². The van der Waals surface area contributed by atoms with Gasteiger partial charge >= 0.3 is 0 Å². The minimum atomic E-state index is 0.0596. The molecular formula is C14H9Cl2NOS. The largest absolute Gasteiger partial charge is 0.340 e. The number of aromatic nitrogens is 1. The Morgan fingerprint density at radius 1 is 1.16 bits per heavy atom. The molecule has 2 heterocycles. The number of Topliss-reactive ketones (excluding diaryl/α,β-unsaturated/α-hetero) is 1. The number of carbonyl (C=O) groups excluding carboxylic acids is 1. The van der Waals surface area contributed by atoms with Crippen molar-refractivity contribution in [3.63, 3.8) is 0 Å². The number of fused-ring (bicyclic) bond motifs is 1. The van der Waals surface area contributed by atoms with E-state index in [1.54, 1.807) is 12.1 Å². The lowest BCUT2D eigenvalue weighted by atomic mass is 10.2. The maximum Gasteiger partial charge on any atom is 0.192 e. The van der Waals surface area contributed by atoms with Crippen LogP contribution in [-0.4, -0.2) is 10.4 Å². The van der Waals surface area contributed by atoms with Crippen LogP contribution in [-0.2, 0) is 6.54 Å². The maximum atomic E-state index is 12.1. The van der Waals surface area contributed by atoms with Crippen molar-refractivity contribution in [2.45, 2.75) is 6.54 Å². The number of rotatable bonds is 3. The molecule has 0 aliphatic rings. The summed E-state index contributed by atoms with van der Waals surface area (Å²) in [6.45, 7) is 0.308. The Morgan fingerprint density at radius 2 is 2.00 bits per heavy atom. The zero-order valence-electron chi connectivity index (χ0n) is 9.77. The Morgan fingerprint density at radius 3 is 2.74 bits per heavy atom. The zero-order chi connectivity index (χ0) is 13.4. The summed E-state index contributed by atoms with van der Waals surface area (Å²) in [5.74, 6) is 0.0596. The van der Waals surface area contributed by atoms with E-state index < -0.39 is 0 Å². The molecule has 0 N–H and O–H groups in total. The lowest BCUT2D eigenvalue weighted by Crippen LogP contribution is -2.07. The highest BCUT2D eigenvalue weighted by Crippen LogP contribution is 2.24. The molecule has 0 aliphatic heterocycles. The third-order valence-corrected chi connectivity index (χ3v) is 4.40. The van der Waals surface area contributed by atoms with Crippen LogP contribution in [0.1, 0.15) is 9.67 Å². The normalized spacial score (nSPS) is 11.1. The first-order valence-corrected chi connectivity index (χ1v) is 7.24. The van der Waals surface area contributed by atoms with Gasteiger partial charge in [-0.3, -0.25) is 4.79 Å². The van der Waals surface area contributed by atoms with Crippen LogP contribution in [0.2, 0.25) is 9.36 Å². The summed E-state index contributed by atoms with van der Waals surface area (Å²) in [4.78, 5) is 12.8. The summed E-state index contributed by atoms with van der Waals surface area (Å²) >= 11 is 13.1. The van der Waals surface area contributed by atoms with Crippen LogP contribution in [0.5, 0.6) is 0 Å². The van der Waals surface area contributed by atoms with E-state index in [0.29, 0.717) is 20.8 Å². The van der Waals surface area contributed by atoms with Gasteiger partial charge in [-0.1, -0.05) is 23.2 Å². The standard InChI is InChI=1S/C14H9Cl2NOS/c15-10-1-2-11-9(7-10)5-6-17(11)8-12(18)13-3-4-14(16)19-13/h1-7H,8H2. The van der Waals surface area contributed by atoms with Crippen LogP contribution in [0.25, 0.3) is 10.9 Å². The third kappa shape index (κ3) is 2.54. The lowest BCUT2D eigenvalue weighted by molar-refractivity contribution is 0.0977. The van der Waals surface area contributed by atoms with Gasteiger partial charge in [0, 0.05) is 22.1 Å². The molecule has 1 aromatic carbocycles. The fourth-order valence-electron chi connectivity index (χ4n) is 2.01. The van der Waals surface area contributed by atoms with Crippen LogP contribution in [0.4, 0.5) is 0 Å². The number of halogens is 2. The Hall–Kier alpha value is -1.29. The predicted molar refractivity (Wildman–Crippen MR) is 80.6 cm³/mol. The fraction of sp³-hybridized carbons (Fsp3) is 0.0714. The average molecular weight is 310 g/mol. The van der Waals surface area contributed by atoms with Gasteiger partial charge in [-0.05, 0) is 36.4 Å². The lowest BCUT2D eigenvalue weighted by Gasteiger charge is -2.03. The van der Waals surface area contributed by atoms with E-state index in [4.69, 9.17) is 23.2 Å². The number of carbonyl (C=O) groups is 1. The Bertz CT molecular complexity index is 760. The van der Waals surface area contributed by atoms with E-state index >= 15 is 0 Å². The molecule has 3 rings (SSSR count). The molecule has 2 aromatic heterocycles. The van der Waals surface area contributed by atoms with Crippen molar-refractivity contribution in [2.75, 3.05) is 0 Å². The highest BCUT2D eigenvalue weighted by molar-refractivity contribution is 7.18. The summed E-state index contributed by atoms with van der Waals surface area (Å²) in [6, 6.07) is 11.1. The van der Waals surface area contributed by atoms with Crippen molar-refractivity contribution in [2.24, 2.45) is 0 Å². The van der Waals surface area contributed by atoms with Gasteiger partial charge in [0.05, 0.1) is 15.8 Å². The molecule has 0 saturated carbocycles. The van der Waals surface area contributed by atoms with Gasteiger partial charge in [-0.25, -0.2) is 0 Å². The molecule has 0 amide bonds. The first kappa shape index (κ1) is 12.7. The number of thiophene rings is 1.